The molecule has 0 aliphatic heterocycles. The fourth-order valence-electron chi connectivity index (χ4n) is 2.63. The van der Waals surface area contributed by atoms with Gasteiger partial charge in [0.2, 0.25) is 0 Å². The van der Waals surface area contributed by atoms with Gasteiger partial charge in [-0.1, -0.05) is 47.1 Å². The third kappa shape index (κ3) is 3.53. The average molecular weight is 350 g/mol. The van der Waals surface area contributed by atoms with E-state index in [0.29, 0.717) is 11.1 Å². The number of benzene rings is 2. The van der Waals surface area contributed by atoms with Crippen LogP contribution < -0.4 is 5.32 Å². The molecule has 0 saturated carbocycles. The van der Waals surface area contributed by atoms with Crippen molar-refractivity contribution in [2.24, 2.45) is 0 Å². The van der Waals surface area contributed by atoms with E-state index in [4.69, 9.17) is 0 Å². The van der Waals surface area contributed by atoms with E-state index in [1.807, 2.05) is 26.0 Å². The molecular formula is C18H21BrFN. The third-order valence-electron chi connectivity index (χ3n) is 3.72. The van der Waals surface area contributed by atoms with Crippen molar-refractivity contribution in [1.29, 1.82) is 0 Å². The Morgan fingerprint density at radius 1 is 1.00 bits per heavy atom. The molecule has 1 N–H and O–H groups in total. The second kappa shape index (κ2) is 6.71. The molecule has 0 heterocycles. The molecule has 2 aromatic rings. The minimum atomic E-state index is -0.110. The summed E-state index contributed by atoms with van der Waals surface area (Å²) in [6.07, 6.45) is 0. The molecule has 0 spiro atoms. The van der Waals surface area contributed by atoms with Gasteiger partial charge in [0.25, 0.3) is 0 Å². The van der Waals surface area contributed by atoms with Crippen LogP contribution in [0.15, 0.2) is 34.8 Å². The van der Waals surface area contributed by atoms with Crippen LogP contribution in [0.25, 0.3) is 0 Å². The zero-order chi connectivity index (χ0) is 15.6. The van der Waals surface area contributed by atoms with E-state index in [1.54, 1.807) is 0 Å². The average Bonchev–Trinajstić information content (AvgIpc) is 2.45. The number of hydrogen-bond acceptors (Lipinski definition) is 1. The summed E-state index contributed by atoms with van der Waals surface area (Å²) in [6, 6.07) is 10.3. The van der Waals surface area contributed by atoms with Crippen molar-refractivity contribution < 1.29 is 4.39 Å². The second-order valence-electron chi connectivity index (χ2n) is 5.47. The Kier molecular flexibility index (Phi) is 5.17. The normalized spacial score (nSPS) is 12.5. The van der Waals surface area contributed by atoms with E-state index in [-0.39, 0.29) is 11.9 Å². The van der Waals surface area contributed by atoms with E-state index in [9.17, 15) is 4.39 Å². The monoisotopic (exact) mass is 349 g/mol. The van der Waals surface area contributed by atoms with Gasteiger partial charge >= 0.3 is 0 Å². The summed E-state index contributed by atoms with van der Waals surface area (Å²) in [5, 5.41) is 3.50. The molecule has 0 amide bonds. The number of halogens is 2. The Hall–Kier alpha value is -1.19. The Morgan fingerprint density at radius 3 is 2.10 bits per heavy atom. The summed E-state index contributed by atoms with van der Waals surface area (Å²) >= 11 is 3.54. The van der Waals surface area contributed by atoms with Gasteiger partial charge in [-0.3, -0.25) is 0 Å². The highest BCUT2D eigenvalue weighted by atomic mass is 79.9. The largest absolute Gasteiger partial charge is 0.307 e. The lowest BCUT2D eigenvalue weighted by Crippen LogP contribution is -2.22. The first-order valence-corrected chi connectivity index (χ1v) is 7.99. The van der Waals surface area contributed by atoms with Crippen LogP contribution in [0.2, 0.25) is 0 Å². The van der Waals surface area contributed by atoms with Crippen LogP contribution in [0.1, 0.15) is 40.8 Å². The van der Waals surface area contributed by atoms with Gasteiger partial charge in [-0.2, -0.15) is 0 Å². The molecule has 0 aromatic heterocycles. The quantitative estimate of drug-likeness (QED) is 0.798. The molecule has 1 atom stereocenters. The van der Waals surface area contributed by atoms with Gasteiger partial charge in [0, 0.05) is 4.47 Å². The lowest BCUT2D eigenvalue weighted by atomic mass is 9.94. The predicted octanol–water partition coefficient (Wildman–Crippen LogP) is 5.21. The highest BCUT2D eigenvalue weighted by molar-refractivity contribution is 9.10. The van der Waals surface area contributed by atoms with Crippen LogP contribution in [0.5, 0.6) is 0 Å². The summed E-state index contributed by atoms with van der Waals surface area (Å²) in [6.45, 7) is 8.66. The van der Waals surface area contributed by atoms with Crippen molar-refractivity contribution in [3.8, 4) is 0 Å². The SMILES string of the molecule is CCNC(c1ccc(Br)c(C)c1)c1cc(C)c(F)c(C)c1. The standard InChI is InChI=1S/C18H21BrFN/c1-5-21-18(14-6-7-16(19)11(2)8-14)15-9-12(3)17(20)13(4)10-15/h6-10,18,21H,5H2,1-4H3. The first-order valence-electron chi connectivity index (χ1n) is 7.20. The van der Waals surface area contributed by atoms with Crippen LogP contribution in [0.3, 0.4) is 0 Å². The first-order chi connectivity index (χ1) is 9.93. The summed E-state index contributed by atoms with van der Waals surface area (Å²) in [4.78, 5) is 0. The van der Waals surface area contributed by atoms with Gasteiger partial charge in [0.15, 0.2) is 0 Å². The molecule has 0 aliphatic carbocycles. The number of aryl methyl sites for hydroxylation is 3. The van der Waals surface area contributed by atoms with Crippen molar-refractivity contribution >= 4 is 15.9 Å². The molecule has 0 fully saturated rings. The zero-order valence-electron chi connectivity index (χ0n) is 12.9. The lowest BCUT2D eigenvalue weighted by molar-refractivity contribution is 0.598. The van der Waals surface area contributed by atoms with Crippen molar-refractivity contribution in [3.63, 3.8) is 0 Å². The van der Waals surface area contributed by atoms with E-state index in [0.717, 1.165) is 16.6 Å². The summed E-state index contributed by atoms with van der Waals surface area (Å²) in [5.74, 6) is -0.110. The third-order valence-corrected chi connectivity index (χ3v) is 4.61. The minimum absolute atomic E-state index is 0.0831. The highest BCUT2D eigenvalue weighted by Gasteiger charge is 2.16. The predicted molar refractivity (Wildman–Crippen MR) is 90.3 cm³/mol. The Morgan fingerprint density at radius 2 is 1.57 bits per heavy atom. The molecule has 3 heteroatoms. The molecule has 0 aliphatic rings. The minimum Gasteiger partial charge on any atom is -0.307 e. The zero-order valence-corrected chi connectivity index (χ0v) is 14.5. The molecule has 0 bridgehead atoms. The maximum atomic E-state index is 13.9. The van der Waals surface area contributed by atoms with Crippen molar-refractivity contribution in [1.82, 2.24) is 5.32 Å². The maximum absolute atomic E-state index is 13.9. The molecule has 1 unspecified atom stereocenters. The van der Waals surface area contributed by atoms with Crippen molar-refractivity contribution in [3.05, 3.63) is 68.4 Å². The summed E-state index contributed by atoms with van der Waals surface area (Å²) in [7, 11) is 0. The maximum Gasteiger partial charge on any atom is 0.129 e. The molecule has 112 valence electrons. The first kappa shape index (κ1) is 16.2. The van der Waals surface area contributed by atoms with E-state index in [2.05, 4.69) is 53.3 Å². The highest BCUT2D eigenvalue weighted by Crippen LogP contribution is 2.28. The molecule has 2 aromatic carbocycles. The second-order valence-corrected chi connectivity index (χ2v) is 6.32. The fraction of sp³-hybridized carbons (Fsp3) is 0.333. The van der Waals surface area contributed by atoms with Crippen LogP contribution in [0.4, 0.5) is 4.39 Å². The lowest BCUT2D eigenvalue weighted by Gasteiger charge is -2.21. The molecule has 1 nitrogen and oxygen atoms in total. The molecule has 2 rings (SSSR count). The van der Waals surface area contributed by atoms with Gasteiger partial charge in [-0.25, -0.2) is 4.39 Å². The Labute approximate surface area is 134 Å². The smallest absolute Gasteiger partial charge is 0.129 e. The van der Waals surface area contributed by atoms with Gasteiger partial charge < -0.3 is 5.32 Å². The number of nitrogens with one attached hydrogen (secondary N) is 1. The Balaban J connectivity index is 2.50. The summed E-state index contributed by atoms with van der Waals surface area (Å²) in [5.41, 5.74) is 4.90. The summed E-state index contributed by atoms with van der Waals surface area (Å²) < 4.78 is 15.0. The topological polar surface area (TPSA) is 12.0 Å². The molecule has 0 saturated heterocycles. The van der Waals surface area contributed by atoms with Crippen molar-refractivity contribution in [2.75, 3.05) is 6.54 Å². The van der Waals surface area contributed by atoms with Crippen LogP contribution in [0, 0.1) is 26.6 Å². The van der Waals surface area contributed by atoms with Gasteiger partial charge in [-0.15, -0.1) is 0 Å². The molecule has 21 heavy (non-hydrogen) atoms. The molecule has 0 radical (unpaired) electrons. The van der Waals surface area contributed by atoms with Gasteiger partial charge in [0.05, 0.1) is 6.04 Å². The molecular weight excluding hydrogens is 329 g/mol. The van der Waals surface area contributed by atoms with Crippen LogP contribution in [-0.2, 0) is 0 Å². The van der Waals surface area contributed by atoms with Gasteiger partial charge in [0.1, 0.15) is 5.82 Å². The number of hydrogen-bond donors (Lipinski definition) is 1. The van der Waals surface area contributed by atoms with Crippen LogP contribution >= 0.6 is 15.9 Å². The fourth-order valence-corrected chi connectivity index (χ4v) is 2.87. The van der Waals surface area contributed by atoms with Crippen molar-refractivity contribution in [2.45, 2.75) is 33.7 Å². The van der Waals surface area contributed by atoms with E-state index in [1.165, 1.54) is 11.1 Å². The van der Waals surface area contributed by atoms with Gasteiger partial charge in [-0.05, 0) is 61.2 Å². The number of rotatable bonds is 4. The van der Waals surface area contributed by atoms with E-state index < -0.39 is 0 Å². The van der Waals surface area contributed by atoms with Crippen LogP contribution in [-0.4, -0.2) is 6.54 Å². The van der Waals surface area contributed by atoms with E-state index >= 15 is 0 Å². The Bertz CT molecular complexity index is 629.